The van der Waals surface area contributed by atoms with Gasteiger partial charge in [0, 0.05) is 17.9 Å². The highest BCUT2D eigenvalue weighted by Gasteiger charge is 2.22. The lowest BCUT2D eigenvalue weighted by Crippen LogP contribution is -2.31. The van der Waals surface area contributed by atoms with E-state index in [-0.39, 0.29) is 5.91 Å². The Kier molecular flexibility index (Phi) is 4.68. The largest absolute Gasteiger partial charge is 0.399 e. The Morgan fingerprint density at radius 3 is 2.60 bits per heavy atom. The van der Waals surface area contributed by atoms with Crippen LogP contribution in [0.3, 0.4) is 0 Å². The third-order valence-electron chi connectivity index (χ3n) is 2.98. The number of aromatic nitrogens is 2. The van der Waals surface area contributed by atoms with E-state index < -0.39 is 0 Å². The maximum Gasteiger partial charge on any atom is 0.271 e. The van der Waals surface area contributed by atoms with Crippen molar-refractivity contribution in [3.63, 3.8) is 0 Å². The molecule has 0 spiro atoms. The van der Waals surface area contributed by atoms with Gasteiger partial charge in [-0.2, -0.15) is 0 Å². The summed E-state index contributed by atoms with van der Waals surface area (Å²) in [5.41, 5.74) is 7.99. The molecule has 0 saturated carbocycles. The van der Waals surface area contributed by atoms with E-state index >= 15 is 0 Å². The molecule has 0 bridgehead atoms. The Labute approximate surface area is 122 Å². The molecule has 0 aliphatic heterocycles. The molecular formula is C14H18N4OS. The van der Waals surface area contributed by atoms with Crippen molar-refractivity contribution in [2.24, 2.45) is 0 Å². The number of nitrogens with two attached hydrogens (primary N) is 1. The fourth-order valence-corrected chi connectivity index (χ4v) is 2.65. The lowest BCUT2D eigenvalue weighted by atomic mass is 10.2. The quantitative estimate of drug-likeness (QED) is 0.859. The summed E-state index contributed by atoms with van der Waals surface area (Å²) in [7, 11) is 0. The molecule has 20 heavy (non-hydrogen) atoms. The number of nitrogen functional groups attached to an aromatic ring is 1. The number of amides is 1. The van der Waals surface area contributed by atoms with Crippen LogP contribution in [-0.2, 0) is 6.42 Å². The molecule has 0 saturated heterocycles. The zero-order valence-electron chi connectivity index (χ0n) is 11.7. The Morgan fingerprint density at radius 2 is 2.00 bits per heavy atom. The van der Waals surface area contributed by atoms with E-state index in [0.717, 1.165) is 29.3 Å². The Morgan fingerprint density at radius 1 is 1.30 bits per heavy atom. The van der Waals surface area contributed by atoms with Crippen molar-refractivity contribution in [2.45, 2.75) is 26.7 Å². The summed E-state index contributed by atoms with van der Waals surface area (Å²) in [5.74, 6) is -0.0385. The van der Waals surface area contributed by atoms with E-state index in [4.69, 9.17) is 5.73 Å². The molecule has 1 heterocycles. The fourth-order valence-electron chi connectivity index (χ4n) is 1.95. The van der Waals surface area contributed by atoms with Crippen molar-refractivity contribution >= 4 is 28.8 Å². The van der Waals surface area contributed by atoms with Crippen molar-refractivity contribution in [3.05, 3.63) is 34.8 Å². The van der Waals surface area contributed by atoms with Crippen LogP contribution < -0.4 is 10.6 Å². The van der Waals surface area contributed by atoms with Gasteiger partial charge >= 0.3 is 0 Å². The van der Waals surface area contributed by atoms with E-state index in [2.05, 4.69) is 9.59 Å². The molecule has 0 unspecified atom stereocenters. The first-order valence-electron chi connectivity index (χ1n) is 6.66. The third-order valence-corrected chi connectivity index (χ3v) is 3.74. The molecule has 0 fully saturated rings. The molecule has 106 valence electrons. The van der Waals surface area contributed by atoms with Gasteiger partial charge in [0.25, 0.3) is 5.91 Å². The summed E-state index contributed by atoms with van der Waals surface area (Å²) in [6.45, 7) is 4.67. The highest BCUT2D eigenvalue weighted by atomic mass is 32.1. The van der Waals surface area contributed by atoms with Crippen molar-refractivity contribution in [1.29, 1.82) is 0 Å². The topological polar surface area (TPSA) is 72.1 Å². The van der Waals surface area contributed by atoms with Gasteiger partial charge in [-0.25, -0.2) is 0 Å². The number of carbonyl (C=O) groups excluding carboxylic acids is 1. The average molecular weight is 290 g/mol. The highest BCUT2D eigenvalue weighted by molar-refractivity contribution is 7.08. The molecule has 1 amide bonds. The monoisotopic (exact) mass is 290 g/mol. The number of benzene rings is 1. The number of hydrogen-bond acceptors (Lipinski definition) is 5. The minimum atomic E-state index is -0.0385. The van der Waals surface area contributed by atoms with Crippen LogP contribution in [0, 0.1) is 0 Å². The third kappa shape index (κ3) is 2.96. The molecule has 2 aromatic rings. The number of nitrogens with zero attached hydrogens (tertiary/aromatic N) is 3. The fraction of sp³-hybridized carbons (Fsp3) is 0.357. The summed E-state index contributed by atoms with van der Waals surface area (Å²) in [6, 6.07) is 7.33. The van der Waals surface area contributed by atoms with Gasteiger partial charge in [-0.15, -0.1) is 5.10 Å². The van der Waals surface area contributed by atoms with E-state index in [1.165, 1.54) is 0 Å². The summed E-state index contributed by atoms with van der Waals surface area (Å²) < 4.78 is 3.89. The Bertz CT molecular complexity index is 579. The van der Waals surface area contributed by atoms with Crippen molar-refractivity contribution < 1.29 is 4.79 Å². The first-order valence-corrected chi connectivity index (χ1v) is 7.43. The van der Waals surface area contributed by atoms with Crippen LogP contribution in [0.1, 0.15) is 35.6 Å². The van der Waals surface area contributed by atoms with E-state index in [1.54, 1.807) is 17.0 Å². The smallest absolute Gasteiger partial charge is 0.271 e. The molecule has 1 aromatic heterocycles. The zero-order valence-corrected chi connectivity index (χ0v) is 12.5. The molecule has 0 aliphatic rings. The number of hydrogen-bond donors (Lipinski definition) is 1. The van der Waals surface area contributed by atoms with Gasteiger partial charge in [0.15, 0.2) is 0 Å². The normalized spacial score (nSPS) is 10.5. The second-order valence-corrected chi connectivity index (χ2v) is 5.20. The van der Waals surface area contributed by atoms with Crippen molar-refractivity contribution in [2.75, 3.05) is 17.2 Å². The lowest BCUT2D eigenvalue weighted by molar-refractivity contribution is 0.0989. The van der Waals surface area contributed by atoms with Gasteiger partial charge in [-0.05, 0) is 48.6 Å². The van der Waals surface area contributed by atoms with Gasteiger partial charge in [0.05, 0.1) is 5.69 Å². The maximum absolute atomic E-state index is 12.7. The molecule has 0 atom stereocenters. The zero-order chi connectivity index (χ0) is 14.5. The first-order chi connectivity index (χ1) is 9.67. The lowest BCUT2D eigenvalue weighted by Gasteiger charge is -2.21. The highest BCUT2D eigenvalue weighted by Crippen LogP contribution is 2.22. The van der Waals surface area contributed by atoms with E-state index in [0.29, 0.717) is 23.5 Å². The van der Waals surface area contributed by atoms with Gasteiger partial charge < -0.3 is 10.6 Å². The molecule has 2 N–H and O–H groups in total. The second kappa shape index (κ2) is 6.47. The van der Waals surface area contributed by atoms with Crippen LogP contribution in [0.25, 0.3) is 0 Å². The predicted octanol–water partition coefficient (Wildman–Crippen LogP) is 2.74. The molecule has 1 aromatic carbocycles. The summed E-state index contributed by atoms with van der Waals surface area (Å²) in [6.07, 6.45) is 1.59. The van der Waals surface area contributed by atoms with E-state index in [9.17, 15) is 4.79 Å². The number of aryl methyl sites for hydroxylation is 1. The number of rotatable bonds is 5. The summed E-state index contributed by atoms with van der Waals surface area (Å²) in [5, 5.41) is 4.01. The summed E-state index contributed by atoms with van der Waals surface area (Å²) in [4.78, 5) is 15.1. The van der Waals surface area contributed by atoms with Crippen LogP contribution in [0.4, 0.5) is 11.4 Å². The van der Waals surface area contributed by atoms with Crippen LogP contribution >= 0.6 is 11.5 Å². The van der Waals surface area contributed by atoms with Gasteiger partial charge in [-0.3, -0.25) is 4.79 Å². The van der Waals surface area contributed by atoms with Gasteiger partial charge in [0.1, 0.15) is 4.88 Å². The SMILES string of the molecule is CCCN(C(=O)c1snnc1CC)c1ccc(N)cc1. The molecule has 2 rings (SSSR count). The molecule has 6 heteroatoms. The molecule has 5 nitrogen and oxygen atoms in total. The number of anilines is 2. The Balaban J connectivity index is 2.33. The van der Waals surface area contributed by atoms with Crippen LogP contribution in [0.15, 0.2) is 24.3 Å². The van der Waals surface area contributed by atoms with Crippen LogP contribution in [-0.4, -0.2) is 22.0 Å². The maximum atomic E-state index is 12.7. The first kappa shape index (κ1) is 14.5. The minimum Gasteiger partial charge on any atom is -0.399 e. The van der Waals surface area contributed by atoms with Gasteiger partial charge in [-0.1, -0.05) is 18.3 Å². The number of carbonyl (C=O) groups is 1. The molecule has 0 aliphatic carbocycles. The second-order valence-electron chi connectivity index (χ2n) is 4.45. The molecular weight excluding hydrogens is 272 g/mol. The predicted molar refractivity (Wildman–Crippen MR) is 82.1 cm³/mol. The van der Waals surface area contributed by atoms with Gasteiger partial charge in [0.2, 0.25) is 0 Å². The standard InChI is InChI=1S/C14H18N4OS/c1-3-9-18(11-7-5-10(15)6-8-11)14(19)13-12(4-2)16-17-20-13/h5-8H,3-4,9,15H2,1-2H3. The minimum absolute atomic E-state index is 0.0385. The summed E-state index contributed by atoms with van der Waals surface area (Å²) >= 11 is 1.16. The van der Waals surface area contributed by atoms with Crippen LogP contribution in [0.5, 0.6) is 0 Å². The van der Waals surface area contributed by atoms with E-state index in [1.807, 2.05) is 26.0 Å². The van der Waals surface area contributed by atoms with Crippen molar-refractivity contribution in [3.8, 4) is 0 Å². The average Bonchev–Trinajstić information content (AvgIpc) is 2.93. The molecule has 0 radical (unpaired) electrons. The van der Waals surface area contributed by atoms with Crippen molar-refractivity contribution in [1.82, 2.24) is 9.59 Å². The van der Waals surface area contributed by atoms with Crippen LogP contribution in [0.2, 0.25) is 0 Å². The Hall–Kier alpha value is -1.95.